The van der Waals surface area contributed by atoms with Crippen LogP contribution in [-0.4, -0.2) is 23.7 Å². The smallest absolute Gasteiger partial charge is 0.320 e. The van der Waals surface area contributed by atoms with E-state index in [-0.39, 0.29) is 30.0 Å². The van der Waals surface area contributed by atoms with Crippen LogP contribution < -0.4 is 5.32 Å². The van der Waals surface area contributed by atoms with Gasteiger partial charge in [-0.1, -0.05) is 0 Å². The van der Waals surface area contributed by atoms with Gasteiger partial charge < -0.3 is 10.4 Å². The summed E-state index contributed by atoms with van der Waals surface area (Å²) in [6.45, 7) is 0.858. The molecule has 1 saturated heterocycles. The Hall–Kier alpha value is 0.160. The fourth-order valence-electron chi connectivity index (χ4n) is 0.895. The Balaban J connectivity index is 0.000000640. The van der Waals surface area contributed by atoms with Crippen LogP contribution in [0.5, 0.6) is 0 Å². The predicted octanol–water partition coefficient (Wildman–Crippen LogP) is 0.441. The van der Waals surface area contributed by atoms with Crippen molar-refractivity contribution in [2.24, 2.45) is 0 Å². The molecule has 3 nitrogen and oxygen atoms in total. The van der Waals surface area contributed by atoms with E-state index in [2.05, 4.69) is 5.32 Å². The molecule has 9 heavy (non-hydrogen) atoms. The van der Waals surface area contributed by atoms with Crippen molar-refractivity contribution >= 4 is 29.9 Å². The molecule has 1 heterocycles. The Bertz CT molecular complexity index is 101. The molecule has 1 unspecified atom stereocenters. The van der Waals surface area contributed by atoms with E-state index in [1.54, 1.807) is 0 Å². The maximum atomic E-state index is 10.1. The fourth-order valence-corrected chi connectivity index (χ4v) is 0.895. The molecule has 0 bridgehead atoms. The average Bonchev–Trinajstić information content (AvgIpc) is 2.12. The zero-order valence-electron chi connectivity index (χ0n) is 4.96. The lowest BCUT2D eigenvalue weighted by atomic mass is 10.2. The normalized spacial score (nSPS) is 25.1. The molecule has 0 amide bonds. The van der Waals surface area contributed by atoms with Gasteiger partial charge in [0.25, 0.3) is 0 Å². The molecule has 0 aromatic rings. The third-order valence-electron chi connectivity index (χ3n) is 1.36. The lowest BCUT2D eigenvalue weighted by molar-refractivity contribution is -0.139. The Morgan fingerprint density at radius 2 is 2.33 bits per heavy atom. The summed E-state index contributed by atoms with van der Waals surface area (Å²) in [5.74, 6) is -0.720. The van der Waals surface area contributed by atoms with Gasteiger partial charge >= 0.3 is 5.97 Å². The van der Waals surface area contributed by atoms with Gasteiger partial charge in [-0.15, -0.1) is 24.0 Å². The minimum atomic E-state index is -0.720. The van der Waals surface area contributed by atoms with Crippen molar-refractivity contribution in [3.63, 3.8) is 0 Å². The van der Waals surface area contributed by atoms with Gasteiger partial charge in [0.1, 0.15) is 6.04 Å². The van der Waals surface area contributed by atoms with E-state index in [4.69, 9.17) is 5.11 Å². The van der Waals surface area contributed by atoms with Crippen LogP contribution in [0.2, 0.25) is 0 Å². The minimum Gasteiger partial charge on any atom is -0.480 e. The van der Waals surface area contributed by atoms with E-state index < -0.39 is 5.97 Å². The number of aliphatic carboxylic acids is 1. The van der Waals surface area contributed by atoms with Crippen LogP contribution in [0.4, 0.5) is 0 Å². The molecular formula is C5H10INO2. The van der Waals surface area contributed by atoms with Crippen molar-refractivity contribution in [1.82, 2.24) is 5.32 Å². The van der Waals surface area contributed by atoms with E-state index in [9.17, 15) is 4.79 Å². The first-order valence-corrected chi connectivity index (χ1v) is 2.77. The summed E-state index contributed by atoms with van der Waals surface area (Å²) in [5, 5.41) is 11.2. The second kappa shape index (κ2) is 4.05. The summed E-state index contributed by atoms with van der Waals surface area (Å²) in [4.78, 5) is 10.1. The second-order valence-electron chi connectivity index (χ2n) is 1.99. The van der Waals surface area contributed by atoms with Crippen molar-refractivity contribution in [3.05, 3.63) is 0 Å². The molecule has 1 aliphatic rings. The summed E-state index contributed by atoms with van der Waals surface area (Å²) in [6.07, 6.45) is 1.78. The number of nitrogens with one attached hydrogen (secondary N) is 1. The third-order valence-corrected chi connectivity index (χ3v) is 1.36. The van der Waals surface area contributed by atoms with E-state index in [1.165, 1.54) is 0 Å². The highest BCUT2D eigenvalue weighted by molar-refractivity contribution is 14.0. The van der Waals surface area contributed by atoms with Crippen LogP contribution in [0, 0.1) is 0 Å². The van der Waals surface area contributed by atoms with Gasteiger partial charge in [0.15, 0.2) is 0 Å². The zero-order chi connectivity index (χ0) is 5.98. The Labute approximate surface area is 70.8 Å². The van der Waals surface area contributed by atoms with Crippen LogP contribution >= 0.6 is 24.0 Å². The summed E-state index contributed by atoms with van der Waals surface area (Å²) in [5.41, 5.74) is 0. The highest BCUT2D eigenvalue weighted by atomic mass is 127. The monoisotopic (exact) mass is 243 g/mol. The van der Waals surface area contributed by atoms with Gasteiger partial charge in [0.2, 0.25) is 0 Å². The number of carboxylic acid groups (broad SMARTS) is 1. The van der Waals surface area contributed by atoms with Gasteiger partial charge in [-0.2, -0.15) is 0 Å². The number of hydrogen-bond donors (Lipinski definition) is 2. The molecule has 2 N–H and O–H groups in total. The summed E-state index contributed by atoms with van der Waals surface area (Å²) in [7, 11) is 0. The molecule has 0 spiro atoms. The minimum absolute atomic E-state index is 0. The lowest BCUT2D eigenvalue weighted by Gasteiger charge is -1.99. The van der Waals surface area contributed by atoms with Crippen LogP contribution in [0.25, 0.3) is 0 Å². The molecule has 4 heteroatoms. The van der Waals surface area contributed by atoms with Gasteiger partial charge in [-0.05, 0) is 19.4 Å². The maximum absolute atomic E-state index is 10.1. The Morgan fingerprint density at radius 3 is 2.56 bits per heavy atom. The van der Waals surface area contributed by atoms with E-state index in [1.807, 2.05) is 0 Å². The highest BCUT2D eigenvalue weighted by Gasteiger charge is 2.20. The number of halogens is 1. The first-order chi connectivity index (χ1) is 3.80. The number of carbonyl (C=O) groups is 1. The standard InChI is InChI=1S/C5H9NO2.HI/c7-5(8)4-2-1-3-6-4;/h4,6H,1-3H2,(H,7,8);1H. The van der Waals surface area contributed by atoms with Crippen molar-refractivity contribution in [1.29, 1.82) is 0 Å². The molecule has 0 aromatic heterocycles. The van der Waals surface area contributed by atoms with E-state index in [0.717, 1.165) is 19.4 Å². The van der Waals surface area contributed by atoms with Gasteiger partial charge in [-0.3, -0.25) is 4.79 Å². The molecule has 1 atom stereocenters. The Kier molecular flexibility index (Phi) is 4.12. The molecule has 0 saturated carbocycles. The number of carboxylic acids is 1. The molecule has 1 rings (SSSR count). The number of rotatable bonds is 1. The summed E-state index contributed by atoms with van der Waals surface area (Å²) >= 11 is 0. The van der Waals surface area contributed by atoms with Gasteiger partial charge in [-0.25, -0.2) is 0 Å². The first kappa shape index (κ1) is 9.16. The molecular weight excluding hydrogens is 233 g/mol. The van der Waals surface area contributed by atoms with Crippen molar-refractivity contribution < 1.29 is 9.90 Å². The van der Waals surface area contributed by atoms with Crippen LogP contribution in [-0.2, 0) is 4.79 Å². The van der Waals surface area contributed by atoms with E-state index in [0.29, 0.717) is 0 Å². The first-order valence-electron chi connectivity index (χ1n) is 2.77. The van der Waals surface area contributed by atoms with Gasteiger partial charge in [0.05, 0.1) is 0 Å². The average molecular weight is 243 g/mol. The third kappa shape index (κ3) is 2.49. The van der Waals surface area contributed by atoms with Crippen LogP contribution in [0.15, 0.2) is 0 Å². The lowest BCUT2D eigenvalue weighted by Crippen LogP contribution is -2.29. The molecule has 0 radical (unpaired) electrons. The predicted molar refractivity (Wildman–Crippen MR) is 44.1 cm³/mol. The van der Waals surface area contributed by atoms with Crippen molar-refractivity contribution in [2.45, 2.75) is 18.9 Å². The highest BCUT2D eigenvalue weighted by Crippen LogP contribution is 2.03. The SMILES string of the molecule is I.O=C(O)C1CCCN1. The molecule has 0 aliphatic carbocycles. The molecule has 0 aromatic carbocycles. The number of hydrogen-bond acceptors (Lipinski definition) is 2. The summed E-state index contributed by atoms with van der Waals surface area (Å²) in [6, 6.07) is -0.269. The molecule has 1 fully saturated rings. The molecule has 1 aliphatic heterocycles. The summed E-state index contributed by atoms with van der Waals surface area (Å²) < 4.78 is 0. The van der Waals surface area contributed by atoms with E-state index >= 15 is 0 Å². The van der Waals surface area contributed by atoms with Crippen molar-refractivity contribution in [2.75, 3.05) is 6.54 Å². The van der Waals surface area contributed by atoms with Crippen molar-refractivity contribution in [3.8, 4) is 0 Å². The largest absolute Gasteiger partial charge is 0.480 e. The zero-order valence-corrected chi connectivity index (χ0v) is 7.29. The van der Waals surface area contributed by atoms with Gasteiger partial charge in [0, 0.05) is 0 Å². The maximum Gasteiger partial charge on any atom is 0.320 e. The second-order valence-corrected chi connectivity index (χ2v) is 1.99. The molecule has 54 valence electrons. The fraction of sp³-hybridized carbons (Fsp3) is 0.800. The van der Waals surface area contributed by atoms with Crippen LogP contribution in [0.3, 0.4) is 0 Å². The van der Waals surface area contributed by atoms with Crippen LogP contribution in [0.1, 0.15) is 12.8 Å². The quantitative estimate of drug-likeness (QED) is 0.657. The Morgan fingerprint density at radius 1 is 1.67 bits per heavy atom. The topological polar surface area (TPSA) is 49.3 Å².